The van der Waals surface area contributed by atoms with Crippen LogP contribution in [0.3, 0.4) is 0 Å². The van der Waals surface area contributed by atoms with Crippen LogP contribution in [0, 0.1) is 6.92 Å². The third-order valence-electron chi connectivity index (χ3n) is 3.75. The van der Waals surface area contributed by atoms with E-state index in [1.807, 2.05) is 30.3 Å². The molecule has 0 aliphatic heterocycles. The molecule has 1 heterocycles. The second-order valence-corrected chi connectivity index (χ2v) is 7.16. The molecule has 0 spiro atoms. The molecule has 0 N–H and O–H groups in total. The number of hydrogen-bond donors (Lipinski definition) is 1. The number of carbonyl (C=O) groups excluding carboxylic acids is 1. The smallest absolute Gasteiger partial charge is 0.325 e. The summed E-state index contributed by atoms with van der Waals surface area (Å²) in [5.74, 6) is -0.366. The van der Waals surface area contributed by atoms with Crippen molar-refractivity contribution in [2.75, 3.05) is 6.61 Å². The van der Waals surface area contributed by atoms with E-state index in [4.69, 9.17) is 9.72 Å². The zero-order chi connectivity index (χ0) is 17.8. The average molecular weight is 370 g/mol. The van der Waals surface area contributed by atoms with Gasteiger partial charge in [0.15, 0.2) is 5.25 Å². The quantitative estimate of drug-likeness (QED) is 0.489. The number of carbonyl (C=O) groups is 1. The summed E-state index contributed by atoms with van der Waals surface area (Å²) in [6.45, 7) is 4.17. The first kappa shape index (κ1) is 17.7. The lowest BCUT2D eigenvalue weighted by Crippen LogP contribution is -2.10. The van der Waals surface area contributed by atoms with Crippen molar-refractivity contribution in [2.45, 2.75) is 19.1 Å². The Morgan fingerprint density at radius 2 is 1.80 bits per heavy atom. The fourth-order valence-electron chi connectivity index (χ4n) is 2.47. The predicted octanol–water partition coefficient (Wildman–Crippen LogP) is 5.32. The molecule has 128 valence electrons. The van der Waals surface area contributed by atoms with E-state index in [0.717, 1.165) is 21.7 Å². The van der Waals surface area contributed by atoms with Gasteiger partial charge in [0.1, 0.15) is 5.01 Å². The van der Waals surface area contributed by atoms with Gasteiger partial charge in [0.2, 0.25) is 0 Å². The predicted molar refractivity (Wildman–Crippen MR) is 106 cm³/mol. The lowest BCUT2D eigenvalue weighted by atomic mass is 10.1. The van der Waals surface area contributed by atoms with Crippen molar-refractivity contribution >= 4 is 29.9 Å². The minimum Gasteiger partial charge on any atom is -0.465 e. The number of rotatable bonds is 5. The number of hydrogen-bond acceptors (Lipinski definition) is 5. The normalized spacial score (nSPS) is 12.0. The van der Waals surface area contributed by atoms with E-state index in [-0.39, 0.29) is 5.97 Å². The van der Waals surface area contributed by atoms with Crippen molar-refractivity contribution in [1.29, 1.82) is 0 Å². The summed E-state index contributed by atoms with van der Waals surface area (Å²) in [5.41, 5.74) is 4.16. The highest BCUT2D eigenvalue weighted by molar-refractivity contribution is 7.81. The monoisotopic (exact) mass is 369 g/mol. The van der Waals surface area contributed by atoms with E-state index in [1.165, 1.54) is 16.9 Å². The molecule has 0 saturated carbocycles. The van der Waals surface area contributed by atoms with Gasteiger partial charge in [-0.2, -0.15) is 12.6 Å². The van der Waals surface area contributed by atoms with E-state index < -0.39 is 5.25 Å². The molecule has 5 heteroatoms. The molecule has 2 aromatic carbocycles. The highest BCUT2D eigenvalue weighted by Crippen LogP contribution is 2.40. The molecule has 1 unspecified atom stereocenters. The largest absolute Gasteiger partial charge is 0.465 e. The van der Waals surface area contributed by atoms with Gasteiger partial charge < -0.3 is 4.74 Å². The molecule has 0 radical (unpaired) electrons. The van der Waals surface area contributed by atoms with Crippen LogP contribution in [0.1, 0.15) is 22.7 Å². The minimum absolute atomic E-state index is 0.331. The number of esters is 1. The zero-order valence-electron chi connectivity index (χ0n) is 14.1. The van der Waals surface area contributed by atoms with Crippen LogP contribution in [0.15, 0.2) is 54.6 Å². The highest BCUT2D eigenvalue weighted by Gasteiger charge is 2.24. The van der Waals surface area contributed by atoms with E-state index >= 15 is 0 Å². The highest BCUT2D eigenvalue weighted by atomic mass is 32.1. The summed E-state index contributed by atoms with van der Waals surface area (Å²) < 4.78 is 5.09. The molecule has 25 heavy (non-hydrogen) atoms. The summed E-state index contributed by atoms with van der Waals surface area (Å²) in [4.78, 5) is 17.8. The number of thiol groups is 1. The van der Waals surface area contributed by atoms with Gasteiger partial charge in [0.05, 0.1) is 17.2 Å². The molecule has 0 fully saturated rings. The Balaban J connectivity index is 2.09. The van der Waals surface area contributed by atoms with Crippen molar-refractivity contribution in [2.24, 2.45) is 0 Å². The Bertz CT molecular complexity index is 857. The first-order chi connectivity index (χ1) is 12.1. The van der Waals surface area contributed by atoms with Crippen molar-refractivity contribution < 1.29 is 9.53 Å². The number of benzene rings is 2. The Morgan fingerprint density at radius 1 is 1.12 bits per heavy atom. The van der Waals surface area contributed by atoms with Crippen LogP contribution in [0.25, 0.3) is 21.7 Å². The molecule has 3 rings (SSSR count). The number of nitrogens with zero attached hydrogens (tertiary/aromatic N) is 1. The maximum absolute atomic E-state index is 12.0. The molecule has 0 saturated heterocycles. The van der Waals surface area contributed by atoms with Gasteiger partial charge in [-0.3, -0.25) is 4.79 Å². The first-order valence-electron chi connectivity index (χ1n) is 8.08. The number of aryl methyl sites for hydroxylation is 1. The second-order valence-electron chi connectivity index (χ2n) is 5.62. The third kappa shape index (κ3) is 3.94. The van der Waals surface area contributed by atoms with E-state index in [9.17, 15) is 4.79 Å². The van der Waals surface area contributed by atoms with Crippen LogP contribution in [-0.2, 0) is 9.53 Å². The van der Waals surface area contributed by atoms with Gasteiger partial charge in [-0.1, -0.05) is 60.2 Å². The summed E-state index contributed by atoms with van der Waals surface area (Å²) in [5, 5.41) is -0.0252. The van der Waals surface area contributed by atoms with Crippen molar-refractivity contribution in [3.05, 3.63) is 65.2 Å². The van der Waals surface area contributed by atoms with E-state index in [2.05, 4.69) is 43.8 Å². The van der Waals surface area contributed by atoms with Gasteiger partial charge in [0, 0.05) is 5.56 Å². The topological polar surface area (TPSA) is 39.2 Å². The minimum atomic E-state index is -0.674. The standard InChI is InChI=1S/C20H19NO2S2/c1-3-23-20(22)17(24)19-21-16(14-11-9-13(2)10-12-14)18(25-19)15-7-5-4-6-8-15/h4-12,17,24H,3H2,1-2H3. The summed E-state index contributed by atoms with van der Waals surface area (Å²) in [7, 11) is 0. The molecule has 0 bridgehead atoms. The molecule has 0 amide bonds. The molecule has 1 atom stereocenters. The third-order valence-corrected chi connectivity index (χ3v) is 5.55. The Morgan fingerprint density at radius 3 is 2.44 bits per heavy atom. The lowest BCUT2D eigenvalue weighted by Gasteiger charge is -2.05. The number of aromatic nitrogens is 1. The van der Waals surface area contributed by atoms with Gasteiger partial charge in [-0.15, -0.1) is 11.3 Å². The lowest BCUT2D eigenvalue weighted by molar-refractivity contribution is -0.142. The van der Waals surface area contributed by atoms with Gasteiger partial charge >= 0.3 is 5.97 Å². The van der Waals surface area contributed by atoms with Crippen LogP contribution in [-0.4, -0.2) is 17.6 Å². The molecule has 0 aliphatic carbocycles. The van der Waals surface area contributed by atoms with Crippen LogP contribution in [0.5, 0.6) is 0 Å². The van der Waals surface area contributed by atoms with Crippen molar-refractivity contribution in [3.63, 3.8) is 0 Å². The molecule has 1 aromatic heterocycles. The summed E-state index contributed by atoms with van der Waals surface area (Å²) in [6, 6.07) is 18.3. The Hall–Kier alpha value is -2.11. The number of thiazole rings is 1. The van der Waals surface area contributed by atoms with Gasteiger partial charge in [-0.05, 0) is 19.4 Å². The Labute approximate surface area is 157 Å². The molecular formula is C20H19NO2S2. The summed E-state index contributed by atoms with van der Waals surface area (Å²) >= 11 is 5.91. The summed E-state index contributed by atoms with van der Waals surface area (Å²) in [6.07, 6.45) is 0. The fraction of sp³-hybridized carbons (Fsp3) is 0.200. The first-order valence-corrected chi connectivity index (χ1v) is 9.41. The van der Waals surface area contributed by atoms with Crippen LogP contribution in [0.4, 0.5) is 0 Å². The fourth-order valence-corrected chi connectivity index (χ4v) is 3.83. The zero-order valence-corrected chi connectivity index (χ0v) is 15.8. The van der Waals surface area contributed by atoms with Gasteiger partial charge in [0.25, 0.3) is 0 Å². The second kappa shape index (κ2) is 7.85. The molecule has 3 nitrogen and oxygen atoms in total. The van der Waals surface area contributed by atoms with Crippen molar-refractivity contribution in [3.8, 4) is 21.7 Å². The molecular weight excluding hydrogens is 350 g/mol. The molecule has 0 aliphatic rings. The van der Waals surface area contributed by atoms with Crippen LogP contribution >= 0.6 is 24.0 Å². The van der Waals surface area contributed by atoms with Crippen LogP contribution < -0.4 is 0 Å². The maximum Gasteiger partial charge on any atom is 0.325 e. The van der Waals surface area contributed by atoms with E-state index in [0.29, 0.717) is 11.6 Å². The Kier molecular flexibility index (Phi) is 5.56. The average Bonchev–Trinajstić information content (AvgIpc) is 3.08. The molecule has 3 aromatic rings. The van der Waals surface area contributed by atoms with Crippen LogP contribution in [0.2, 0.25) is 0 Å². The number of ether oxygens (including phenoxy) is 1. The SMILES string of the molecule is CCOC(=O)C(S)c1nc(-c2ccc(C)cc2)c(-c2ccccc2)s1. The van der Waals surface area contributed by atoms with E-state index in [1.54, 1.807) is 6.92 Å². The van der Waals surface area contributed by atoms with Gasteiger partial charge in [-0.25, -0.2) is 4.98 Å². The maximum atomic E-state index is 12.0. The van der Waals surface area contributed by atoms with Crippen molar-refractivity contribution in [1.82, 2.24) is 4.98 Å².